The number of anilines is 1. The molecule has 3 rings (SSSR count). The van der Waals surface area contributed by atoms with Gasteiger partial charge in [0.25, 0.3) is 5.91 Å². The maximum absolute atomic E-state index is 13.8. The number of carbonyl (C=O) groups excluding carboxylic acids is 2. The van der Waals surface area contributed by atoms with E-state index in [2.05, 4.69) is 5.32 Å². The minimum absolute atomic E-state index is 0. The molecule has 2 aromatic carbocycles. The van der Waals surface area contributed by atoms with Crippen LogP contribution in [0.25, 0.3) is 11.1 Å². The summed E-state index contributed by atoms with van der Waals surface area (Å²) in [5.41, 5.74) is 4.37. The third-order valence-electron chi connectivity index (χ3n) is 6.34. The van der Waals surface area contributed by atoms with Gasteiger partial charge >= 0.3 is 29.6 Å². The number of aliphatic hydroxyl groups excluding tert-OH is 2. The standard InChI is InChI=1S/C29H35FN2O5.Na/c1-4-32-24(15-14-22(33)16-23(34)17-25(35)36)27(19-10-12-20(30)13-11-19)26(18(2)3)28(32)29(37)31-21-8-6-5-7-9-21;/h5-13,18,22-23,33-34H,4,14-17H2,1-3H3,(H,31,37)(H,35,36);/q;+1/p-1/t22-,23-;/m1./s1. The van der Waals surface area contributed by atoms with Crippen LogP contribution in [-0.4, -0.2) is 38.9 Å². The van der Waals surface area contributed by atoms with E-state index < -0.39 is 24.6 Å². The van der Waals surface area contributed by atoms with Gasteiger partial charge in [0, 0.05) is 35.9 Å². The molecule has 1 amide bonds. The first-order chi connectivity index (χ1) is 17.6. The number of aromatic nitrogens is 1. The second-order valence-corrected chi connectivity index (χ2v) is 9.47. The Morgan fingerprint density at radius 3 is 2.21 bits per heavy atom. The summed E-state index contributed by atoms with van der Waals surface area (Å²) in [6.45, 7) is 6.41. The number of carboxylic acids is 1. The number of para-hydroxylation sites is 1. The van der Waals surface area contributed by atoms with Crippen LogP contribution in [-0.2, 0) is 17.8 Å². The monoisotopic (exact) mass is 532 g/mol. The van der Waals surface area contributed by atoms with Crippen LogP contribution in [0.3, 0.4) is 0 Å². The van der Waals surface area contributed by atoms with E-state index in [1.54, 1.807) is 12.1 Å². The number of amides is 1. The third kappa shape index (κ3) is 8.01. The third-order valence-corrected chi connectivity index (χ3v) is 6.34. The number of hydrogen-bond donors (Lipinski definition) is 3. The Hall–Kier alpha value is -2.49. The molecule has 0 saturated heterocycles. The summed E-state index contributed by atoms with van der Waals surface area (Å²) < 4.78 is 15.7. The zero-order chi connectivity index (χ0) is 27.1. The molecular weight excluding hydrogens is 498 g/mol. The fourth-order valence-corrected chi connectivity index (χ4v) is 4.77. The summed E-state index contributed by atoms with van der Waals surface area (Å²) in [5.74, 6) is -2.06. The Morgan fingerprint density at radius 2 is 1.66 bits per heavy atom. The van der Waals surface area contributed by atoms with Crippen LogP contribution in [0.2, 0.25) is 0 Å². The van der Waals surface area contributed by atoms with Crippen LogP contribution < -0.4 is 40.0 Å². The first-order valence-corrected chi connectivity index (χ1v) is 12.6. The zero-order valence-electron chi connectivity index (χ0n) is 22.4. The SMILES string of the molecule is CCn1c(CC[C@@H](O)C[C@@H](O)CC(=O)[O-])c(-c2ccc(F)cc2)c(C(C)C)c1C(=O)Nc1ccccc1.[Na+]. The second-order valence-electron chi connectivity index (χ2n) is 9.47. The van der Waals surface area contributed by atoms with Crippen molar-refractivity contribution in [2.45, 2.75) is 71.1 Å². The molecule has 3 aromatic rings. The molecule has 3 N–H and O–H groups in total. The largest absolute Gasteiger partial charge is 1.00 e. The Labute approximate surface area is 245 Å². The molecule has 0 aliphatic rings. The molecule has 0 aliphatic heterocycles. The van der Waals surface area contributed by atoms with Crippen molar-refractivity contribution in [1.82, 2.24) is 4.57 Å². The van der Waals surface area contributed by atoms with Gasteiger partial charge in [-0.15, -0.1) is 0 Å². The molecule has 198 valence electrons. The molecular formula is C29H34FN2NaO5. The van der Waals surface area contributed by atoms with Gasteiger partial charge in [-0.3, -0.25) is 4.79 Å². The summed E-state index contributed by atoms with van der Waals surface area (Å²) >= 11 is 0. The topological polar surface area (TPSA) is 115 Å². The first kappa shape index (κ1) is 31.7. The number of carboxylic acid groups (broad SMARTS) is 1. The smallest absolute Gasteiger partial charge is 0.550 e. The fraction of sp³-hybridized carbons (Fsp3) is 0.379. The average Bonchev–Trinajstić information content (AvgIpc) is 3.18. The molecule has 38 heavy (non-hydrogen) atoms. The van der Waals surface area contributed by atoms with Gasteiger partial charge in [0.1, 0.15) is 11.5 Å². The Kier molecular flexibility index (Phi) is 12.2. The van der Waals surface area contributed by atoms with Crippen molar-refractivity contribution in [3.05, 3.63) is 77.4 Å². The summed E-state index contributed by atoms with van der Waals surface area (Å²) in [4.78, 5) is 24.4. The number of benzene rings is 2. The van der Waals surface area contributed by atoms with Crippen LogP contribution in [0, 0.1) is 5.82 Å². The Morgan fingerprint density at radius 1 is 1.03 bits per heavy atom. The molecule has 0 spiro atoms. The predicted molar refractivity (Wildman–Crippen MR) is 139 cm³/mol. The molecule has 0 saturated carbocycles. The van der Waals surface area contributed by atoms with Crippen LogP contribution >= 0.6 is 0 Å². The minimum Gasteiger partial charge on any atom is -0.550 e. The number of halogens is 1. The van der Waals surface area contributed by atoms with Crippen molar-refractivity contribution in [3.8, 4) is 11.1 Å². The van der Waals surface area contributed by atoms with Crippen LogP contribution in [0.15, 0.2) is 54.6 Å². The average molecular weight is 533 g/mol. The van der Waals surface area contributed by atoms with Gasteiger partial charge in [0.15, 0.2) is 0 Å². The van der Waals surface area contributed by atoms with Gasteiger partial charge in [-0.25, -0.2) is 4.39 Å². The molecule has 0 radical (unpaired) electrons. The van der Waals surface area contributed by atoms with Gasteiger partial charge in [-0.05, 0) is 67.5 Å². The zero-order valence-corrected chi connectivity index (χ0v) is 24.4. The summed E-state index contributed by atoms with van der Waals surface area (Å²) in [6, 6.07) is 15.3. The number of aliphatic carboxylic acids is 1. The van der Waals surface area contributed by atoms with Gasteiger partial charge in [0.2, 0.25) is 0 Å². The van der Waals surface area contributed by atoms with Crippen molar-refractivity contribution in [3.63, 3.8) is 0 Å². The summed E-state index contributed by atoms with van der Waals surface area (Å²) in [5, 5.41) is 34.2. The molecule has 0 aliphatic carbocycles. The normalized spacial score (nSPS) is 12.6. The van der Waals surface area contributed by atoms with E-state index in [0.29, 0.717) is 24.3 Å². The molecule has 0 fully saturated rings. The van der Waals surface area contributed by atoms with Crippen LogP contribution in [0.1, 0.15) is 67.7 Å². The van der Waals surface area contributed by atoms with E-state index in [4.69, 9.17) is 0 Å². The number of hydrogen-bond acceptors (Lipinski definition) is 5. The number of nitrogens with zero attached hydrogens (tertiary/aromatic N) is 1. The molecule has 0 bridgehead atoms. The maximum Gasteiger partial charge on any atom is 1.00 e. The number of carbonyl (C=O) groups is 2. The first-order valence-electron chi connectivity index (χ1n) is 12.6. The van der Waals surface area contributed by atoms with Gasteiger partial charge in [0.05, 0.1) is 12.2 Å². The number of rotatable bonds is 12. The molecule has 0 unspecified atom stereocenters. The fourth-order valence-electron chi connectivity index (χ4n) is 4.77. The van der Waals surface area contributed by atoms with Gasteiger partial charge < -0.3 is 30.0 Å². The molecule has 7 nitrogen and oxygen atoms in total. The Bertz CT molecular complexity index is 1210. The Balaban J connectivity index is 0.00000507. The van der Waals surface area contributed by atoms with Crippen LogP contribution in [0.4, 0.5) is 10.1 Å². The van der Waals surface area contributed by atoms with Crippen LogP contribution in [0.5, 0.6) is 0 Å². The molecule has 2 atom stereocenters. The maximum atomic E-state index is 13.8. The van der Waals surface area contributed by atoms with Gasteiger partial charge in [-0.1, -0.05) is 44.2 Å². The molecule has 1 heterocycles. The number of nitrogens with one attached hydrogen (secondary N) is 1. The van der Waals surface area contributed by atoms with E-state index in [1.165, 1.54) is 12.1 Å². The van der Waals surface area contributed by atoms with E-state index in [0.717, 1.165) is 22.4 Å². The van der Waals surface area contributed by atoms with E-state index in [-0.39, 0.29) is 60.0 Å². The van der Waals surface area contributed by atoms with Crippen molar-refractivity contribution in [1.29, 1.82) is 0 Å². The van der Waals surface area contributed by atoms with E-state index in [9.17, 15) is 29.3 Å². The minimum atomic E-state index is -1.38. The van der Waals surface area contributed by atoms with Gasteiger partial charge in [-0.2, -0.15) is 0 Å². The summed E-state index contributed by atoms with van der Waals surface area (Å²) in [6.07, 6.45) is -2.24. The van der Waals surface area contributed by atoms with Crippen molar-refractivity contribution in [2.75, 3.05) is 5.32 Å². The van der Waals surface area contributed by atoms with E-state index >= 15 is 0 Å². The predicted octanol–water partition coefficient (Wildman–Crippen LogP) is 0.878. The molecule has 9 heteroatoms. The quantitative estimate of drug-likeness (QED) is 0.300. The van der Waals surface area contributed by atoms with Crippen molar-refractivity contribution in [2.24, 2.45) is 0 Å². The van der Waals surface area contributed by atoms with Crippen molar-refractivity contribution >= 4 is 17.6 Å². The summed E-state index contributed by atoms with van der Waals surface area (Å²) in [7, 11) is 0. The second kappa shape index (κ2) is 14.6. The molecule has 1 aromatic heterocycles. The van der Waals surface area contributed by atoms with E-state index in [1.807, 2.05) is 55.7 Å². The van der Waals surface area contributed by atoms with Crippen molar-refractivity contribution < 1.29 is 58.9 Å². The number of aliphatic hydroxyl groups is 2.